The highest BCUT2D eigenvalue weighted by atomic mass is 35.5. The van der Waals surface area contributed by atoms with Gasteiger partial charge in [-0.1, -0.05) is 11.6 Å². The first-order valence-electron chi connectivity index (χ1n) is 5.61. The molecule has 1 heterocycles. The van der Waals surface area contributed by atoms with Crippen LogP contribution in [0.4, 0.5) is 4.39 Å². The van der Waals surface area contributed by atoms with Gasteiger partial charge in [-0.15, -0.1) is 0 Å². The van der Waals surface area contributed by atoms with Crippen LogP contribution in [-0.4, -0.2) is 24.4 Å². The van der Waals surface area contributed by atoms with Crippen LogP contribution in [-0.2, 0) is 4.79 Å². The Morgan fingerprint density at radius 1 is 1.50 bits per heavy atom. The maximum absolute atomic E-state index is 13.5. The fraction of sp³-hybridized carbons (Fsp3) is 0.333. The Kier molecular flexibility index (Phi) is 3.81. The van der Waals surface area contributed by atoms with E-state index in [0.29, 0.717) is 13.0 Å². The molecule has 4 nitrogen and oxygen atoms in total. The van der Waals surface area contributed by atoms with Crippen molar-refractivity contribution in [3.05, 3.63) is 34.6 Å². The third-order valence-corrected chi connectivity index (χ3v) is 3.00. The molecule has 1 atom stereocenters. The van der Waals surface area contributed by atoms with E-state index in [2.05, 4.69) is 10.6 Å². The molecule has 1 saturated heterocycles. The van der Waals surface area contributed by atoms with E-state index >= 15 is 0 Å². The second-order valence-corrected chi connectivity index (χ2v) is 4.52. The van der Waals surface area contributed by atoms with Crippen molar-refractivity contribution < 1.29 is 14.0 Å². The second-order valence-electron chi connectivity index (χ2n) is 4.08. The van der Waals surface area contributed by atoms with Crippen molar-refractivity contribution in [2.45, 2.75) is 18.9 Å². The molecule has 96 valence electrons. The van der Waals surface area contributed by atoms with Gasteiger partial charge >= 0.3 is 0 Å². The predicted molar refractivity (Wildman–Crippen MR) is 64.9 cm³/mol. The summed E-state index contributed by atoms with van der Waals surface area (Å²) in [4.78, 5) is 23.3. The minimum atomic E-state index is -0.659. The average Bonchev–Trinajstić information content (AvgIpc) is 2.35. The Bertz CT molecular complexity index is 493. The standard InChI is InChI=1S/C12H12ClFN2O2/c13-7-3-4-9(14)8(6-7)11(17)16-10-2-1-5-15-12(10)18/h3-4,6,10H,1-2,5H2,(H,15,18)(H,16,17). The van der Waals surface area contributed by atoms with Gasteiger partial charge in [0.05, 0.1) is 5.56 Å². The van der Waals surface area contributed by atoms with Gasteiger partial charge in [-0.3, -0.25) is 9.59 Å². The number of benzene rings is 1. The van der Waals surface area contributed by atoms with E-state index in [0.717, 1.165) is 12.5 Å². The first kappa shape index (κ1) is 12.8. The van der Waals surface area contributed by atoms with Crippen LogP contribution in [0.3, 0.4) is 0 Å². The van der Waals surface area contributed by atoms with Crippen molar-refractivity contribution in [2.24, 2.45) is 0 Å². The van der Waals surface area contributed by atoms with Crippen LogP contribution in [0.15, 0.2) is 18.2 Å². The Hall–Kier alpha value is -1.62. The molecule has 0 spiro atoms. The molecular weight excluding hydrogens is 259 g/mol. The molecule has 1 aliphatic rings. The highest BCUT2D eigenvalue weighted by Gasteiger charge is 2.25. The first-order chi connectivity index (χ1) is 8.58. The fourth-order valence-electron chi connectivity index (χ4n) is 1.82. The fourth-order valence-corrected chi connectivity index (χ4v) is 1.99. The number of carbonyl (C=O) groups excluding carboxylic acids is 2. The van der Waals surface area contributed by atoms with Crippen LogP contribution >= 0.6 is 11.6 Å². The van der Waals surface area contributed by atoms with Gasteiger partial charge in [-0.25, -0.2) is 4.39 Å². The van der Waals surface area contributed by atoms with Gasteiger partial charge < -0.3 is 10.6 Å². The van der Waals surface area contributed by atoms with Crippen LogP contribution in [0, 0.1) is 5.82 Å². The quantitative estimate of drug-likeness (QED) is 0.855. The summed E-state index contributed by atoms with van der Waals surface area (Å²) in [5, 5.41) is 5.42. The first-order valence-corrected chi connectivity index (χ1v) is 5.99. The van der Waals surface area contributed by atoms with E-state index in [-0.39, 0.29) is 16.5 Å². The SMILES string of the molecule is O=C(NC1CCCNC1=O)c1cc(Cl)ccc1F. The summed E-state index contributed by atoms with van der Waals surface area (Å²) in [6.07, 6.45) is 1.34. The molecule has 1 unspecified atom stereocenters. The number of hydrogen-bond donors (Lipinski definition) is 2. The van der Waals surface area contributed by atoms with Gasteiger partial charge in [0.25, 0.3) is 5.91 Å². The number of halogens is 2. The van der Waals surface area contributed by atoms with E-state index in [9.17, 15) is 14.0 Å². The number of amides is 2. The zero-order chi connectivity index (χ0) is 13.1. The number of hydrogen-bond acceptors (Lipinski definition) is 2. The molecule has 0 bridgehead atoms. The zero-order valence-corrected chi connectivity index (χ0v) is 10.3. The Morgan fingerprint density at radius 3 is 3.00 bits per heavy atom. The van der Waals surface area contributed by atoms with Gasteiger partial charge in [0, 0.05) is 11.6 Å². The van der Waals surface area contributed by atoms with Crippen LogP contribution in [0.1, 0.15) is 23.2 Å². The summed E-state index contributed by atoms with van der Waals surface area (Å²) in [5.74, 6) is -1.53. The van der Waals surface area contributed by atoms with Crippen molar-refractivity contribution in [2.75, 3.05) is 6.54 Å². The minimum absolute atomic E-state index is 0.152. The lowest BCUT2D eigenvalue weighted by molar-refractivity contribution is -0.124. The van der Waals surface area contributed by atoms with Crippen molar-refractivity contribution in [1.29, 1.82) is 0 Å². The lowest BCUT2D eigenvalue weighted by Crippen LogP contribution is -2.50. The molecule has 0 aromatic heterocycles. The number of rotatable bonds is 2. The summed E-state index contributed by atoms with van der Waals surface area (Å²) < 4.78 is 13.5. The Labute approximate surface area is 109 Å². The number of nitrogens with one attached hydrogen (secondary N) is 2. The summed E-state index contributed by atoms with van der Waals surface area (Å²) in [5.41, 5.74) is -0.152. The average molecular weight is 271 g/mol. The minimum Gasteiger partial charge on any atom is -0.354 e. The van der Waals surface area contributed by atoms with E-state index in [1.165, 1.54) is 12.1 Å². The van der Waals surface area contributed by atoms with Gasteiger partial charge in [0.15, 0.2) is 0 Å². The summed E-state index contributed by atoms with van der Waals surface area (Å²) in [6.45, 7) is 0.608. The number of piperidine rings is 1. The molecule has 18 heavy (non-hydrogen) atoms. The van der Waals surface area contributed by atoms with Gasteiger partial charge in [0.1, 0.15) is 11.9 Å². The molecular formula is C12H12ClFN2O2. The van der Waals surface area contributed by atoms with Crippen LogP contribution in [0.2, 0.25) is 5.02 Å². The van der Waals surface area contributed by atoms with Crippen LogP contribution < -0.4 is 10.6 Å². The molecule has 1 fully saturated rings. The molecule has 2 rings (SSSR count). The Morgan fingerprint density at radius 2 is 2.28 bits per heavy atom. The maximum Gasteiger partial charge on any atom is 0.254 e. The molecule has 1 aromatic carbocycles. The molecule has 6 heteroatoms. The van der Waals surface area contributed by atoms with Crippen molar-refractivity contribution in [1.82, 2.24) is 10.6 Å². The number of carbonyl (C=O) groups is 2. The monoisotopic (exact) mass is 270 g/mol. The van der Waals surface area contributed by atoms with Gasteiger partial charge in [-0.2, -0.15) is 0 Å². The predicted octanol–water partition coefficient (Wildman–Crippen LogP) is 1.49. The van der Waals surface area contributed by atoms with Crippen LogP contribution in [0.5, 0.6) is 0 Å². The highest BCUT2D eigenvalue weighted by molar-refractivity contribution is 6.31. The van der Waals surface area contributed by atoms with Gasteiger partial charge in [-0.05, 0) is 31.0 Å². The summed E-state index contributed by atoms with van der Waals surface area (Å²) in [6, 6.07) is 3.12. The smallest absolute Gasteiger partial charge is 0.254 e. The molecule has 0 radical (unpaired) electrons. The molecule has 2 N–H and O–H groups in total. The maximum atomic E-state index is 13.5. The van der Waals surface area contributed by atoms with E-state index in [1.54, 1.807) is 0 Å². The lowest BCUT2D eigenvalue weighted by atomic mass is 10.1. The topological polar surface area (TPSA) is 58.2 Å². The van der Waals surface area contributed by atoms with E-state index in [4.69, 9.17) is 11.6 Å². The van der Waals surface area contributed by atoms with Crippen LogP contribution in [0.25, 0.3) is 0 Å². The van der Waals surface area contributed by atoms with E-state index < -0.39 is 17.8 Å². The lowest BCUT2D eigenvalue weighted by Gasteiger charge is -2.22. The summed E-state index contributed by atoms with van der Waals surface area (Å²) in [7, 11) is 0. The van der Waals surface area contributed by atoms with Gasteiger partial charge in [0.2, 0.25) is 5.91 Å². The second kappa shape index (κ2) is 5.35. The molecule has 0 aliphatic carbocycles. The zero-order valence-electron chi connectivity index (χ0n) is 9.50. The third kappa shape index (κ3) is 2.79. The normalized spacial score (nSPS) is 19.2. The third-order valence-electron chi connectivity index (χ3n) is 2.76. The van der Waals surface area contributed by atoms with Crippen molar-refractivity contribution in [3.63, 3.8) is 0 Å². The Balaban J connectivity index is 2.11. The largest absolute Gasteiger partial charge is 0.354 e. The molecule has 2 amide bonds. The molecule has 1 aliphatic heterocycles. The molecule has 0 saturated carbocycles. The summed E-state index contributed by atoms with van der Waals surface area (Å²) >= 11 is 5.71. The van der Waals surface area contributed by atoms with E-state index in [1.807, 2.05) is 0 Å². The highest BCUT2D eigenvalue weighted by Crippen LogP contribution is 2.15. The van der Waals surface area contributed by atoms with Crippen molar-refractivity contribution >= 4 is 23.4 Å². The molecule has 1 aromatic rings. The van der Waals surface area contributed by atoms with Crippen molar-refractivity contribution in [3.8, 4) is 0 Å².